The van der Waals surface area contributed by atoms with Crippen LogP contribution < -0.4 is 0 Å². The van der Waals surface area contributed by atoms with Crippen molar-refractivity contribution < 1.29 is 14.3 Å². The van der Waals surface area contributed by atoms with Crippen LogP contribution in [0.15, 0.2) is 5.57 Å². The molecule has 4 nitrogen and oxygen atoms in total. The minimum absolute atomic E-state index is 0.0280. The normalized spacial score (nSPS) is 22.5. The number of hydrogen-bond acceptors (Lipinski definition) is 3. The number of carbonyl (C=O) groups is 1. The van der Waals surface area contributed by atoms with Crippen molar-refractivity contribution in [3.05, 3.63) is 5.57 Å². The molecule has 0 radical (unpaired) electrons. The lowest BCUT2D eigenvalue weighted by atomic mass is 9.74. The molecule has 0 atom stereocenters. The molecule has 106 valence electrons. The van der Waals surface area contributed by atoms with E-state index in [9.17, 15) is 9.59 Å². The molecule has 1 heterocycles. The molecular weight excluding hydrogens is 242 g/mol. The lowest BCUT2D eigenvalue weighted by molar-refractivity contribution is 0.0140. The van der Waals surface area contributed by atoms with Crippen molar-refractivity contribution >= 4 is 12.0 Å². The lowest BCUT2D eigenvalue weighted by Gasteiger charge is -2.39. The van der Waals surface area contributed by atoms with Gasteiger partial charge in [-0.2, -0.15) is 0 Å². The van der Waals surface area contributed by atoms with Crippen LogP contribution in [-0.4, -0.2) is 35.6 Å². The highest BCUT2D eigenvalue weighted by Gasteiger charge is 2.43. The number of piperidine rings is 1. The largest absolute Gasteiger partial charge is 0.444 e. The Hall–Kier alpha value is -1.28. The third-order valence-corrected chi connectivity index (χ3v) is 4.22. The van der Waals surface area contributed by atoms with Crippen LogP contribution >= 0.6 is 0 Å². The van der Waals surface area contributed by atoms with Gasteiger partial charge >= 0.3 is 6.09 Å². The van der Waals surface area contributed by atoms with Gasteiger partial charge in [0, 0.05) is 24.1 Å². The van der Waals surface area contributed by atoms with Crippen molar-refractivity contribution in [3.8, 4) is 0 Å². The number of amides is 1. The maximum absolute atomic E-state index is 12.0. The lowest BCUT2D eigenvalue weighted by Crippen LogP contribution is -2.45. The number of ether oxygens (including phenoxy) is 1. The van der Waals surface area contributed by atoms with Crippen LogP contribution in [-0.2, 0) is 9.53 Å². The van der Waals surface area contributed by atoms with E-state index in [2.05, 4.69) is 5.94 Å². The third kappa shape index (κ3) is 3.01. The van der Waals surface area contributed by atoms with E-state index in [-0.39, 0.29) is 11.5 Å². The van der Waals surface area contributed by atoms with Crippen LogP contribution in [0.5, 0.6) is 0 Å². The van der Waals surface area contributed by atoms with E-state index in [0.29, 0.717) is 13.1 Å². The molecular formula is C15H23NO3. The Morgan fingerprint density at radius 2 is 1.89 bits per heavy atom. The third-order valence-electron chi connectivity index (χ3n) is 4.22. The summed E-state index contributed by atoms with van der Waals surface area (Å²) in [4.78, 5) is 24.8. The molecule has 2 fully saturated rings. The Labute approximate surface area is 114 Å². The summed E-state index contributed by atoms with van der Waals surface area (Å²) in [5, 5.41) is 0. The Morgan fingerprint density at radius 1 is 1.26 bits per heavy atom. The van der Waals surface area contributed by atoms with Gasteiger partial charge in [-0.05, 0) is 52.9 Å². The zero-order valence-electron chi connectivity index (χ0n) is 12.1. The van der Waals surface area contributed by atoms with Gasteiger partial charge in [-0.15, -0.1) is 0 Å². The van der Waals surface area contributed by atoms with Crippen molar-refractivity contribution in [2.45, 2.75) is 58.5 Å². The predicted octanol–water partition coefficient (Wildman–Crippen LogP) is 2.95. The number of carbonyl (C=O) groups excluding carboxylic acids is 2. The average molecular weight is 265 g/mol. The zero-order valence-corrected chi connectivity index (χ0v) is 12.1. The fraction of sp³-hybridized carbons (Fsp3) is 0.800. The minimum atomic E-state index is -0.451. The first-order valence-corrected chi connectivity index (χ1v) is 7.09. The molecule has 0 aromatic rings. The number of rotatable bonds is 0. The molecule has 1 aliphatic carbocycles. The zero-order chi connectivity index (χ0) is 14.1. The van der Waals surface area contributed by atoms with Gasteiger partial charge in [0.2, 0.25) is 0 Å². The molecule has 4 heteroatoms. The van der Waals surface area contributed by atoms with Crippen molar-refractivity contribution in [1.82, 2.24) is 4.90 Å². The van der Waals surface area contributed by atoms with Crippen molar-refractivity contribution in [1.29, 1.82) is 0 Å². The van der Waals surface area contributed by atoms with E-state index in [1.807, 2.05) is 20.8 Å². The van der Waals surface area contributed by atoms with Crippen molar-refractivity contribution in [2.75, 3.05) is 13.1 Å². The number of hydrogen-bond donors (Lipinski definition) is 0. The second-order valence-electron chi connectivity index (χ2n) is 6.68. The summed E-state index contributed by atoms with van der Waals surface area (Å²) in [6.45, 7) is 6.99. The van der Waals surface area contributed by atoms with Crippen LogP contribution in [0.2, 0.25) is 0 Å². The number of likely N-dealkylation sites (tertiary alicyclic amines) is 1. The van der Waals surface area contributed by atoms with Crippen LogP contribution in [0.25, 0.3) is 0 Å². The molecule has 0 aromatic heterocycles. The Kier molecular flexibility index (Phi) is 3.73. The summed E-state index contributed by atoms with van der Waals surface area (Å²) >= 11 is 0. The SMILES string of the molecule is CC(C)(C)OC(=O)N1CCC2(CCCC2=C=O)CC1. The van der Waals surface area contributed by atoms with Crippen LogP contribution in [0.1, 0.15) is 52.9 Å². The smallest absolute Gasteiger partial charge is 0.410 e. The molecule has 1 saturated carbocycles. The quantitative estimate of drug-likeness (QED) is 0.633. The van der Waals surface area contributed by atoms with Gasteiger partial charge in [0.1, 0.15) is 11.5 Å². The first-order valence-electron chi connectivity index (χ1n) is 7.09. The molecule has 0 bridgehead atoms. The molecule has 1 spiro atoms. The van der Waals surface area contributed by atoms with Gasteiger partial charge in [-0.3, -0.25) is 0 Å². The summed E-state index contributed by atoms with van der Waals surface area (Å²) in [5.41, 5.74) is 0.518. The summed E-state index contributed by atoms with van der Waals surface area (Å²) in [6.07, 6.45) is 4.54. The second-order valence-corrected chi connectivity index (χ2v) is 6.68. The molecule has 19 heavy (non-hydrogen) atoms. The van der Waals surface area contributed by atoms with Gasteiger partial charge in [0.05, 0.1) is 0 Å². The minimum Gasteiger partial charge on any atom is -0.444 e. The standard InChI is InChI=1S/C15H23NO3/c1-14(2,3)19-13(18)16-9-7-15(8-10-16)6-4-5-12(15)11-17/h4-10H2,1-3H3. The highest BCUT2D eigenvalue weighted by Crippen LogP contribution is 2.49. The molecule has 0 N–H and O–H groups in total. The van der Waals surface area contributed by atoms with Gasteiger partial charge in [0.25, 0.3) is 0 Å². The average Bonchev–Trinajstić information content (AvgIpc) is 2.70. The van der Waals surface area contributed by atoms with Crippen molar-refractivity contribution in [3.63, 3.8) is 0 Å². The topological polar surface area (TPSA) is 46.6 Å². The molecule has 1 saturated heterocycles. The molecule has 2 aliphatic rings. The summed E-state index contributed by atoms with van der Waals surface area (Å²) in [7, 11) is 0. The van der Waals surface area contributed by atoms with E-state index in [1.165, 1.54) is 0 Å². The first-order chi connectivity index (χ1) is 8.86. The van der Waals surface area contributed by atoms with E-state index in [0.717, 1.165) is 37.7 Å². The first kappa shape index (κ1) is 14.1. The van der Waals surface area contributed by atoms with Gasteiger partial charge < -0.3 is 9.64 Å². The summed E-state index contributed by atoms with van der Waals surface area (Å²) in [5.74, 6) is 2.14. The molecule has 1 aliphatic heterocycles. The molecule has 2 rings (SSSR count). The molecule has 1 amide bonds. The predicted molar refractivity (Wildman–Crippen MR) is 72.5 cm³/mol. The van der Waals surface area contributed by atoms with E-state index in [1.54, 1.807) is 4.90 Å². The van der Waals surface area contributed by atoms with E-state index < -0.39 is 5.60 Å². The van der Waals surface area contributed by atoms with E-state index >= 15 is 0 Å². The Bertz CT molecular complexity index is 408. The number of allylic oxidation sites excluding steroid dienone is 1. The van der Waals surface area contributed by atoms with Crippen molar-refractivity contribution in [2.24, 2.45) is 5.41 Å². The Balaban J connectivity index is 1.96. The van der Waals surface area contributed by atoms with Crippen LogP contribution in [0.3, 0.4) is 0 Å². The highest BCUT2D eigenvalue weighted by atomic mass is 16.6. The molecule has 0 aromatic carbocycles. The highest BCUT2D eigenvalue weighted by molar-refractivity contribution is 5.68. The van der Waals surface area contributed by atoms with Gasteiger partial charge in [0.15, 0.2) is 0 Å². The fourth-order valence-corrected chi connectivity index (χ4v) is 3.17. The molecule has 0 unspecified atom stereocenters. The van der Waals surface area contributed by atoms with Gasteiger partial charge in [-0.1, -0.05) is 0 Å². The van der Waals surface area contributed by atoms with Crippen LogP contribution in [0.4, 0.5) is 4.79 Å². The van der Waals surface area contributed by atoms with Gasteiger partial charge in [-0.25, -0.2) is 9.59 Å². The Morgan fingerprint density at radius 3 is 2.42 bits per heavy atom. The summed E-state index contributed by atoms with van der Waals surface area (Å²) < 4.78 is 5.38. The fourth-order valence-electron chi connectivity index (χ4n) is 3.17. The van der Waals surface area contributed by atoms with E-state index in [4.69, 9.17) is 4.74 Å². The maximum Gasteiger partial charge on any atom is 0.410 e. The van der Waals surface area contributed by atoms with Crippen LogP contribution in [0, 0.1) is 5.41 Å². The maximum atomic E-state index is 12.0. The monoisotopic (exact) mass is 265 g/mol. The second kappa shape index (κ2) is 5.01. The summed E-state index contributed by atoms with van der Waals surface area (Å²) in [6, 6.07) is 0. The number of nitrogens with zero attached hydrogens (tertiary/aromatic N) is 1.